The number of likely N-dealkylation sites (tertiary alicyclic amines) is 3. The first-order chi connectivity index (χ1) is 14.2. The Bertz CT molecular complexity index is 850. The van der Waals surface area contributed by atoms with Gasteiger partial charge in [0.25, 0.3) is 5.91 Å². The molecule has 5 rings (SSSR count). The highest BCUT2D eigenvalue weighted by molar-refractivity contribution is 7.15. The normalized spacial score (nSPS) is 24.5. The maximum absolute atomic E-state index is 12.8. The van der Waals surface area contributed by atoms with Gasteiger partial charge in [0.15, 0.2) is 4.96 Å². The number of hydrogen-bond acceptors (Lipinski definition) is 5. The van der Waals surface area contributed by atoms with Gasteiger partial charge in [0.05, 0.1) is 5.92 Å². The highest BCUT2D eigenvalue weighted by Crippen LogP contribution is 2.26. The first-order valence-corrected chi connectivity index (χ1v) is 11.8. The minimum Gasteiger partial charge on any atom is -0.342 e. The molecule has 2 amide bonds. The lowest BCUT2D eigenvalue weighted by molar-refractivity contribution is -0.136. The lowest BCUT2D eigenvalue weighted by atomic mass is 9.93. The van der Waals surface area contributed by atoms with Crippen LogP contribution in [0.1, 0.15) is 49.0 Å². The third-order valence-electron chi connectivity index (χ3n) is 6.80. The zero-order valence-electron chi connectivity index (χ0n) is 16.8. The molecule has 0 aliphatic carbocycles. The van der Waals surface area contributed by atoms with Gasteiger partial charge in [0, 0.05) is 56.5 Å². The van der Waals surface area contributed by atoms with Crippen LogP contribution in [-0.2, 0) is 4.79 Å². The van der Waals surface area contributed by atoms with E-state index in [9.17, 15) is 9.59 Å². The lowest BCUT2D eigenvalue weighted by Crippen LogP contribution is -2.51. The number of rotatable bonds is 3. The van der Waals surface area contributed by atoms with Crippen LogP contribution in [0.2, 0.25) is 0 Å². The molecule has 2 aromatic rings. The van der Waals surface area contributed by atoms with E-state index in [1.54, 1.807) is 11.3 Å². The molecule has 1 atom stereocenters. The van der Waals surface area contributed by atoms with E-state index in [1.165, 1.54) is 0 Å². The van der Waals surface area contributed by atoms with Crippen molar-refractivity contribution >= 4 is 28.1 Å². The summed E-state index contributed by atoms with van der Waals surface area (Å²) in [5.74, 6) is 0.583. The van der Waals surface area contributed by atoms with E-state index in [2.05, 4.69) is 14.8 Å². The number of imidazole rings is 1. The number of carbonyl (C=O) groups is 2. The van der Waals surface area contributed by atoms with E-state index in [0.29, 0.717) is 17.6 Å². The maximum Gasteiger partial charge on any atom is 0.274 e. The number of hydrogen-bond donors (Lipinski definition) is 0. The summed E-state index contributed by atoms with van der Waals surface area (Å²) in [6, 6.07) is 0.485. The zero-order valence-corrected chi connectivity index (χ0v) is 17.6. The predicted octanol–water partition coefficient (Wildman–Crippen LogP) is 2.33. The van der Waals surface area contributed by atoms with Crippen LogP contribution >= 0.6 is 11.3 Å². The number of carbonyl (C=O) groups excluding carboxylic acids is 2. The minimum absolute atomic E-state index is 0.0417. The van der Waals surface area contributed by atoms with Crippen molar-refractivity contribution in [1.82, 2.24) is 24.1 Å². The van der Waals surface area contributed by atoms with E-state index < -0.39 is 0 Å². The first kappa shape index (κ1) is 19.1. The Balaban J connectivity index is 1.16. The zero-order chi connectivity index (χ0) is 19.8. The van der Waals surface area contributed by atoms with Crippen LogP contribution in [0.5, 0.6) is 0 Å². The average Bonchev–Trinajstić information content (AvgIpc) is 3.50. The molecule has 7 nitrogen and oxygen atoms in total. The van der Waals surface area contributed by atoms with Gasteiger partial charge in [0.2, 0.25) is 5.91 Å². The van der Waals surface area contributed by atoms with Gasteiger partial charge in [0.1, 0.15) is 5.69 Å². The Morgan fingerprint density at radius 3 is 2.52 bits per heavy atom. The van der Waals surface area contributed by atoms with Crippen molar-refractivity contribution in [2.24, 2.45) is 5.92 Å². The van der Waals surface area contributed by atoms with Crippen molar-refractivity contribution in [1.29, 1.82) is 0 Å². The van der Waals surface area contributed by atoms with Crippen LogP contribution in [0.25, 0.3) is 4.96 Å². The maximum atomic E-state index is 12.8. The summed E-state index contributed by atoms with van der Waals surface area (Å²) in [7, 11) is 0. The third-order valence-corrected chi connectivity index (χ3v) is 7.57. The van der Waals surface area contributed by atoms with Crippen molar-refractivity contribution in [3.63, 3.8) is 0 Å². The fraction of sp³-hybridized carbons (Fsp3) is 0.667. The van der Waals surface area contributed by atoms with Gasteiger partial charge >= 0.3 is 0 Å². The van der Waals surface area contributed by atoms with Crippen LogP contribution in [-0.4, -0.2) is 81.2 Å². The molecule has 3 fully saturated rings. The first-order valence-electron chi connectivity index (χ1n) is 10.9. The molecule has 3 aliphatic heterocycles. The summed E-state index contributed by atoms with van der Waals surface area (Å²) in [6.45, 7) is 5.42. The number of fused-ring (bicyclic) bond motifs is 1. The molecular formula is C21H29N5O2S. The molecule has 29 heavy (non-hydrogen) atoms. The molecule has 0 unspecified atom stereocenters. The van der Waals surface area contributed by atoms with Gasteiger partial charge in [-0.25, -0.2) is 4.98 Å². The van der Waals surface area contributed by atoms with E-state index in [0.717, 1.165) is 82.8 Å². The van der Waals surface area contributed by atoms with Gasteiger partial charge in [-0.05, 0) is 45.1 Å². The van der Waals surface area contributed by atoms with Gasteiger partial charge in [-0.15, -0.1) is 11.3 Å². The topological polar surface area (TPSA) is 61.2 Å². The molecule has 0 aromatic carbocycles. The monoisotopic (exact) mass is 415 g/mol. The Morgan fingerprint density at radius 2 is 1.76 bits per heavy atom. The summed E-state index contributed by atoms with van der Waals surface area (Å²) in [5.41, 5.74) is 0.546. The summed E-state index contributed by atoms with van der Waals surface area (Å²) >= 11 is 1.55. The fourth-order valence-corrected chi connectivity index (χ4v) is 5.86. The Morgan fingerprint density at radius 1 is 0.966 bits per heavy atom. The molecule has 2 aromatic heterocycles. The Kier molecular flexibility index (Phi) is 5.30. The molecule has 5 heterocycles. The standard InChI is InChI=1S/C21H29N5O2S/c27-19(23-7-1-2-8-23)16-4-3-9-25(14-16)17-5-10-24(11-6-17)20(28)18-15-26-12-13-29-21(26)22-18/h12-13,15-17H,1-11,14H2/t16-/m1/s1. The van der Waals surface area contributed by atoms with Gasteiger partial charge < -0.3 is 9.80 Å². The number of aromatic nitrogens is 2. The van der Waals surface area contributed by atoms with E-state index >= 15 is 0 Å². The summed E-state index contributed by atoms with van der Waals surface area (Å²) in [5, 5.41) is 1.97. The van der Waals surface area contributed by atoms with Crippen molar-refractivity contribution in [3.8, 4) is 0 Å². The molecule has 0 radical (unpaired) electrons. The van der Waals surface area contributed by atoms with Crippen molar-refractivity contribution in [3.05, 3.63) is 23.5 Å². The lowest BCUT2D eigenvalue weighted by Gasteiger charge is -2.42. The Labute approximate surface area is 175 Å². The van der Waals surface area contributed by atoms with Crippen molar-refractivity contribution in [2.75, 3.05) is 39.3 Å². The van der Waals surface area contributed by atoms with Crippen LogP contribution in [0.15, 0.2) is 17.8 Å². The predicted molar refractivity (Wildman–Crippen MR) is 112 cm³/mol. The second-order valence-electron chi connectivity index (χ2n) is 8.61. The Hall–Kier alpha value is -1.93. The molecule has 8 heteroatoms. The van der Waals surface area contributed by atoms with Gasteiger partial charge in [-0.3, -0.25) is 18.9 Å². The summed E-state index contributed by atoms with van der Waals surface area (Å²) in [4.78, 5) is 37.5. The van der Waals surface area contributed by atoms with Crippen molar-refractivity contribution < 1.29 is 9.59 Å². The number of amides is 2. The molecule has 156 valence electrons. The van der Waals surface area contributed by atoms with E-state index in [1.807, 2.05) is 27.1 Å². The SMILES string of the molecule is O=C(c1cn2ccsc2n1)N1CCC(N2CCC[C@@H](C(=O)N3CCCC3)C2)CC1. The molecule has 0 bridgehead atoms. The van der Waals surface area contributed by atoms with Crippen LogP contribution in [0.4, 0.5) is 0 Å². The van der Waals surface area contributed by atoms with E-state index in [-0.39, 0.29) is 11.8 Å². The smallest absolute Gasteiger partial charge is 0.274 e. The highest BCUT2D eigenvalue weighted by atomic mass is 32.1. The van der Waals surface area contributed by atoms with Crippen molar-refractivity contribution in [2.45, 2.75) is 44.6 Å². The quantitative estimate of drug-likeness (QED) is 0.772. The average molecular weight is 416 g/mol. The highest BCUT2D eigenvalue weighted by Gasteiger charge is 2.35. The second-order valence-corrected chi connectivity index (χ2v) is 9.48. The van der Waals surface area contributed by atoms with Crippen LogP contribution in [0.3, 0.4) is 0 Å². The number of thiazole rings is 1. The molecule has 0 spiro atoms. The summed E-state index contributed by atoms with van der Waals surface area (Å²) < 4.78 is 1.91. The fourth-order valence-electron chi connectivity index (χ4n) is 5.16. The number of piperidine rings is 2. The molecule has 3 aliphatic rings. The van der Waals surface area contributed by atoms with Crippen LogP contribution < -0.4 is 0 Å². The van der Waals surface area contributed by atoms with Gasteiger partial charge in [-0.2, -0.15) is 0 Å². The van der Waals surface area contributed by atoms with Gasteiger partial charge in [-0.1, -0.05) is 0 Å². The molecule has 3 saturated heterocycles. The molecular weight excluding hydrogens is 386 g/mol. The van der Waals surface area contributed by atoms with E-state index in [4.69, 9.17) is 0 Å². The van der Waals surface area contributed by atoms with Crippen LogP contribution in [0, 0.1) is 5.92 Å². The molecule has 0 saturated carbocycles. The summed E-state index contributed by atoms with van der Waals surface area (Å²) in [6.07, 6.45) is 10.2. The second kappa shape index (κ2) is 8.07. The minimum atomic E-state index is 0.0417. The number of nitrogens with zero attached hydrogens (tertiary/aromatic N) is 5. The largest absolute Gasteiger partial charge is 0.342 e. The third kappa shape index (κ3) is 3.80. The molecule has 0 N–H and O–H groups in total.